The molecule has 0 radical (unpaired) electrons. The first-order valence-electron chi connectivity index (χ1n) is 12.1. The highest BCUT2D eigenvalue weighted by Gasteiger charge is 2.26. The molecule has 0 saturated carbocycles. The van der Waals surface area contributed by atoms with Gasteiger partial charge in [-0.3, -0.25) is 9.48 Å². The van der Waals surface area contributed by atoms with Crippen LogP contribution in [0.1, 0.15) is 18.4 Å². The number of rotatable bonds is 4. The number of carboxylic acid groups (broad SMARTS) is 1. The SMILES string of the molecule is Cc1c(Cl)c(F)cc2c(-c3cccc4nn(C)cc34)nn(-c3ccc(N4CCC(C(=O)O)CC4)nc3)c12. The van der Waals surface area contributed by atoms with Crippen LogP contribution in [0.2, 0.25) is 5.02 Å². The van der Waals surface area contributed by atoms with Gasteiger partial charge in [-0.25, -0.2) is 14.1 Å². The highest BCUT2D eigenvalue weighted by Crippen LogP contribution is 2.38. The molecule has 0 unspecified atom stereocenters. The normalized spacial score (nSPS) is 14.6. The number of nitrogens with zero attached hydrogens (tertiary/aromatic N) is 6. The molecule has 0 aliphatic carbocycles. The van der Waals surface area contributed by atoms with Crippen molar-refractivity contribution in [1.82, 2.24) is 24.5 Å². The van der Waals surface area contributed by atoms with Gasteiger partial charge < -0.3 is 10.0 Å². The van der Waals surface area contributed by atoms with Crippen LogP contribution in [0.3, 0.4) is 0 Å². The number of benzene rings is 2. The van der Waals surface area contributed by atoms with Gasteiger partial charge in [0.05, 0.1) is 33.9 Å². The van der Waals surface area contributed by atoms with Crippen molar-refractivity contribution in [2.75, 3.05) is 18.0 Å². The van der Waals surface area contributed by atoms with Gasteiger partial charge in [0.15, 0.2) is 0 Å². The minimum Gasteiger partial charge on any atom is -0.481 e. The summed E-state index contributed by atoms with van der Waals surface area (Å²) < 4.78 is 18.3. The van der Waals surface area contributed by atoms with Crippen molar-refractivity contribution in [2.24, 2.45) is 13.0 Å². The molecule has 5 aromatic rings. The summed E-state index contributed by atoms with van der Waals surface area (Å²) >= 11 is 6.34. The molecular weight excluding hydrogens is 495 g/mol. The van der Waals surface area contributed by atoms with E-state index in [1.807, 2.05) is 43.6 Å². The molecule has 37 heavy (non-hydrogen) atoms. The molecule has 8 nitrogen and oxygen atoms in total. The minimum atomic E-state index is -0.739. The van der Waals surface area contributed by atoms with Crippen molar-refractivity contribution in [3.8, 4) is 16.9 Å². The standard InChI is InChI=1S/C27H24ClFN6O2/c1-15-24(28)21(29)12-19-25(18-4-3-5-22-20(18)14-33(2)31-22)32-35(26(15)19)17-6-7-23(30-13-17)34-10-8-16(9-11-34)27(36)37/h3-7,12-14,16H,8-11H2,1-2H3,(H,36,37). The van der Waals surface area contributed by atoms with E-state index in [1.165, 1.54) is 6.07 Å². The third kappa shape index (κ3) is 3.90. The first-order chi connectivity index (χ1) is 17.8. The number of hydrogen-bond donors (Lipinski definition) is 1. The fourth-order valence-corrected chi connectivity index (χ4v) is 5.34. The molecule has 4 heterocycles. The van der Waals surface area contributed by atoms with Crippen LogP contribution in [0.15, 0.2) is 48.8 Å². The Morgan fingerprint density at radius 1 is 1.14 bits per heavy atom. The molecule has 0 spiro atoms. The molecule has 0 amide bonds. The zero-order valence-electron chi connectivity index (χ0n) is 20.3. The second-order valence-corrected chi connectivity index (χ2v) is 9.85. The van der Waals surface area contributed by atoms with Crippen LogP contribution < -0.4 is 4.90 Å². The Balaban J connectivity index is 1.46. The van der Waals surface area contributed by atoms with Gasteiger partial charge in [-0.1, -0.05) is 23.7 Å². The fraction of sp³-hybridized carbons (Fsp3) is 0.259. The molecule has 1 N–H and O–H groups in total. The maximum Gasteiger partial charge on any atom is 0.306 e. The summed E-state index contributed by atoms with van der Waals surface area (Å²) in [5.41, 5.74) is 4.32. The van der Waals surface area contributed by atoms with Crippen molar-refractivity contribution in [1.29, 1.82) is 0 Å². The molecule has 2 aromatic carbocycles. The molecular formula is C27H24ClFN6O2. The van der Waals surface area contributed by atoms with Gasteiger partial charge in [0.2, 0.25) is 0 Å². The van der Waals surface area contributed by atoms with E-state index in [0.29, 0.717) is 53.8 Å². The lowest BCUT2D eigenvalue weighted by Gasteiger charge is -2.31. The average molecular weight is 519 g/mol. The van der Waals surface area contributed by atoms with E-state index in [-0.39, 0.29) is 10.9 Å². The summed E-state index contributed by atoms with van der Waals surface area (Å²) in [6.07, 6.45) is 4.85. The van der Waals surface area contributed by atoms with E-state index in [0.717, 1.165) is 22.3 Å². The highest BCUT2D eigenvalue weighted by molar-refractivity contribution is 6.32. The van der Waals surface area contributed by atoms with Gasteiger partial charge in [-0.05, 0) is 49.6 Å². The quantitative estimate of drug-likeness (QED) is 0.344. The summed E-state index contributed by atoms with van der Waals surface area (Å²) in [6.45, 7) is 3.07. The molecule has 0 atom stereocenters. The van der Waals surface area contributed by atoms with Gasteiger partial charge in [0, 0.05) is 42.7 Å². The van der Waals surface area contributed by atoms with Crippen molar-refractivity contribution < 1.29 is 14.3 Å². The van der Waals surface area contributed by atoms with E-state index in [2.05, 4.69) is 15.0 Å². The predicted molar refractivity (Wildman–Crippen MR) is 141 cm³/mol. The minimum absolute atomic E-state index is 0.0608. The monoisotopic (exact) mass is 518 g/mol. The van der Waals surface area contributed by atoms with Crippen LogP contribution in [0.25, 0.3) is 38.8 Å². The smallest absolute Gasteiger partial charge is 0.306 e. The molecule has 188 valence electrons. The largest absolute Gasteiger partial charge is 0.481 e. The Bertz CT molecular complexity index is 1670. The zero-order chi connectivity index (χ0) is 25.8. The van der Waals surface area contributed by atoms with Crippen LogP contribution in [0, 0.1) is 18.7 Å². The van der Waals surface area contributed by atoms with Crippen LogP contribution >= 0.6 is 11.6 Å². The predicted octanol–water partition coefficient (Wildman–Crippen LogP) is 5.38. The summed E-state index contributed by atoms with van der Waals surface area (Å²) in [5, 5.41) is 20.3. The number of halogens is 2. The molecule has 1 saturated heterocycles. The third-order valence-electron chi connectivity index (χ3n) is 7.15. The maximum absolute atomic E-state index is 14.8. The number of aromatic nitrogens is 5. The van der Waals surface area contributed by atoms with Crippen molar-refractivity contribution in [3.63, 3.8) is 0 Å². The first-order valence-corrected chi connectivity index (χ1v) is 12.4. The second-order valence-electron chi connectivity index (χ2n) is 9.47. The Morgan fingerprint density at radius 3 is 2.62 bits per heavy atom. The van der Waals surface area contributed by atoms with Gasteiger partial charge in [-0.15, -0.1) is 0 Å². The third-order valence-corrected chi connectivity index (χ3v) is 7.62. The van der Waals surface area contributed by atoms with Crippen molar-refractivity contribution in [3.05, 3.63) is 65.2 Å². The molecule has 10 heteroatoms. The molecule has 1 aliphatic heterocycles. The first kappa shape index (κ1) is 23.4. The Hall–Kier alpha value is -3.98. The number of aryl methyl sites for hydroxylation is 2. The molecule has 0 bridgehead atoms. The van der Waals surface area contributed by atoms with E-state index in [4.69, 9.17) is 16.7 Å². The number of aliphatic carboxylic acids is 1. The number of carbonyl (C=O) groups is 1. The summed E-state index contributed by atoms with van der Waals surface area (Å²) in [4.78, 5) is 18.0. The van der Waals surface area contributed by atoms with Crippen molar-refractivity contribution >= 4 is 45.2 Å². The topological polar surface area (TPSA) is 89.1 Å². The average Bonchev–Trinajstić information content (AvgIpc) is 3.47. The Morgan fingerprint density at radius 2 is 1.92 bits per heavy atom. The molecule has 6 rings (SSSR count). The van der Waals surface area contributed by atoms with Gasteiger partial charge >= 0.3 is 5.97 Å². The van der Waals surface area contributed by atoms with Crippen LogP contribution in [0.5, 0.6) is 0 Å². The molecule has 3 aromatic heterocycles. The van der Waals surface area contributed by atoms with Crippen molar-refractivity contribution in [2.45, 2.75) is 19.8 Å². The summed E-state index contributed by atoms with van der Waals surface area (Å²) in [7, 11) is 1.86. The van der Waals surface area contributed by atoms with E-state index < -0.39 is 11.8 Å². The van der Waals surface area contributed by atoms with Crippen LogP contribution in [-0.4, -0.2) is 48.7 Å². The van der Waals surface area contributed by atoms with Gasteiger partial charge in [0.1, 0.15) is 17.3 Å². The summed E-state index contributed by atoms with van der Waals surface area (Å²) in [5.74, 6) is -0.757. The number of pyridine rings is 1. The lowest BCUT2D eigenvalue weighted by atomic mass is 9.97. The lowest BCUT2D eigenvalue weighted by Crippen LogP contribution is -2.36. The fourth-order valence-electron chi connectivity index (χ4n) is 5.20. The zero-order valence-corrected chi connectivity index (χ0v) is 21.1. The number of anilines is 1. The lowest BCUT2D eigenvalue weighted by molar-refractivity contribution is -0.142. The number of fused-ring (bicyclic) bond motifs is 2. The number of piperidine rings is 1. The van der Waals surface area contributed by atoms with E-state index in [9.17, 15) is 14.3 Å². The van der Waals surface area contributed by atoms with Crippen LogP contribution in [0.4, 0.5) is 10.2 Å². The van der Waals surface area contributed by atoms with Gasteiger partial charge in [-0.2, -0.15) is 10.2 Å². The van der Waals surface area contributed by atoms with Gasteiger partial charge in [0.25, 0.3) is 0 Å². The Labute approximate surface area is 216 Å². The second kappa shape index (κ2) is 8.85. The van der Waals surface area contributed by atoms with Crippen LogP contribution in [-0.2, 0) is 11.8 Å². The number of carboxylic acids is 1. The summed E-state index contributed by atoms with van der Waals surface area (Å²) in [6, 6.07) is 11.1. The van der Waals surface area contributed by atoms with E-state index >= 15 is 0 Å². The Kier molecular flexibility index (Phi) is 5.60. The molecule has 1 aliphatic rings. The number of hydrogen-bond acceptors (Lipinski definition) is 5. The molecule has 1 fully saturated rings. The van der Waals surface area contributed by atoms with E-state index in [1.54, 1.807) is 22.5 Å². The maximum atomic E-state index is 14.8. The highest BCUT2D eigenvalue weighted by atomic mass is 35.5.